The average Bonchev–Trinajstić information content (AvgIpc) is 2.99. The zero-order valence-electron chi connectivity index (χ0n) is 16.2. The molecule has 142 valence electrons. The number of ketones is 1. The molecule has 1 aliphatic carbocycles. The number of hydrogen-bond acceptors (Lipinski definition) is 4. The molecule has 2 heterocycles. The molecule has 0 bridgehead atoms. The quantitative estimate of drug-likeness (QED) is 0.837. The third kappa shape index (κ3) is 3.21. The first-order valence-corrected chi connectivity index (χ1v) is 9.63. The van der Waals surface area contributed by atoms with E-state index in [0.29, 0.717) is 35.6 Å². The van der Waals surface area contributed by atoms with E-state index in [1.54, 1.807) is 11.8 Å². The fraction of sp³-hybridized carbons (Fsp3) is 0.455. The maximum atomic E-state index is 13.2. The molecule has 1 aliphatic heterocycles. The zero-order chi connectivity index (χ0) is 19.1. The van der Waals surface area contributed by atoms with Gasteiger partial charge in [0.05, 0.1) is 11.1 Å². The first-order valence-electron chi connectivity index (χ1n) is 9.63. The van der Waals surface area contributed by atoms with E-state index in [4.69, 9.17) is 4.42 Å². The van der Waals surface area contributed by atoms with Crippen LogP contribution < -0.4 is 0 Å². The molecule has 2 aromatic rings. The minimum atomic E-state index is -0.111. The van der Waals surface area contributed by atoms with Gasteiger partial charge in [0.2, 0.25) is 0 Å². The Bertz CT molecular complexity index is 899. The summed E-state index contributed by atoms with van der Waals surface area (Å²) in [6.45, 7) is 3.30. The minimum absolute atomic E-state index is 0.0357. The van der Waals surface area contributed by atoms with Gasteiger partial charge in [-0.05, 0) is 37.9 Å². The van der Waals surface area contributed by atoms with Crippen molar-refractivity contribution < 1.29 is 14.0 Å². The summed E-state index contributed by atoms with van der Waals surface area (Å²) in [5.74, 6) is 1.17. The second-order valence-corrected chi connectivity index (χ2v) is 7.84. The van der Waals surface area contributed by atoms with Gasteiger partial charge in [0.1, 0.15) is 11.5 Å². The highest BCUT2D eigenvalue weighted by molar-refractivity contribution is 6.09. The number of carbonyl (C=O) groups excluding carboxylic acids is 2. The van der Waals surface area contributed by atoms with Gasteiger partial charge in [-0.15, -0.1) is 0 Å². The van der Waals surface area contributed by atoms with E-state index in [1.165, 1.54) is 11.1 Å². The molecule has 1 aromatic carbocycles. The number of nitrogens with zero attached hydrogens (tertiary/aromatic N) is 2. The molecule has 0 N–H and O–H groups in total. The lowest BCUT2D eigenvalue weighted by atomic mass is 9.92. The Hall–Kier alpha value is -2.40. The van der Waals surface area contributed by atoms with Crippen molar-refractivity contribution in [3.05, 3.63) is 58.0 Å². The Kier molecular flexibility index (Phi) is 4.64. The van der Waals surface area contributed by atoms with Crippen LogP contribution >= 0.6 is 0 Å². The van der Waals surface area contributed by atoms with Gasteiger partial charge >= 0.3 is 0 Å². The van der Waals surface area contributed by atoms with E-state index in [1.807, 2.05) is 7.05 Å². The van der Waals surface area contributed by atoms with Crippen molar-refractivity contribution >= 4 is 11.7 Å². The van der Waals surface area contributed by atoms with Crippen LogP contribution in [0.15, 0.2) is 28.7 Å². The fourth-order valence-corrected chi connectivity index (χ4v) is 4.38. The maximum absolute atomic E-state index is 13.2. The van der Waals surface area contributed by atoms with Crippen molar-refractivity contribution in [3.63, 3.8) is 0 Å². The molecule has 2 aliphatic rings. The first kappa shape index (κ1) is 18.0. The van der Waals surface area contributed by atoms with Gasteiger partial charge in [0.15, 0.2) is 5.78 Å². The Morgan fingerprint density at radius 3 is 2.78 bits per heavy atom. The first-order chi connectivity index (χ1) is 13.0. The van der Waals surface area contributed by atoms with Crippen LogP contribution in [-0.4, -0.2) is 48.2 Å². The van der Waals surface area contributed by atoms with Gasteiger partial charge in [-0.1, -0.05) is 24.3 Å². The number of rotatable bonds is 3. The van der Waals surface area contributed by atoms with Crippen molar-refractivity contribution in [2.45, 2.75) is 45.2 Å². The highest BCUT2D eigenvalue weighted by Gasteiger charge is 2.33. The van der Waals surface area contributed by atoms with E-state index < -0.39 is 0 Å². The molecule has 0 unspecified atom stereocenters. The van der Waals surface area contributed by atoms with Crippen LogP contribution in [0.5, 0.6) is 0 Å². The standard InChI is InChI=1S/C22H26N2O3/c1-14-20(21-18(25)9-6-10-19(21)27-14)22(26)24(3)13-17-11-15-7-4-5-8-16(15)12-23(17)2/h4-5,7-8,17H,6,9-13H2,1-3H3/t17-/m1/s1. The van der Waals surface area contributed by atoms with Crippen molar-refractivity contribution in [2.75, 3.05) is 20.6 Å². The van der Waals surface area contributed by atoms with Crippen LogP contribution in [0.3, 0.4) is 0 Å². The molecule has 0 radical (unpaired) electrons. The van der Waals surface area contributed by atoms with Crippen molar-refractivity contribution in [1.82, 2.24) is 9.80 Å². The molecule has 0 spiro atoms. The molecule has 1 atom stereocenters. The second-order valence-electron chi connectivity index (χ2n) is 7.84. The summed E-state index contributed by atoms with van der Waals surface area (Å²) >= 11 is 0. The summed E-state index contributed by atoms with van der Waals surface area (Å²) in [5, 5.41) is 0. The average molecular weight is 366 g/mol. The zero-order valence-corrected chi connectivity index (χ0v) is 16.2. The molecule has 0 fully saturated rings. The fourth-order valence-electron chi connectivity index (χ4n) is 4.38. The monoisotopic (exact) mass is 366 g/mol. The molecule has 27 heavy (non-hydrogen) atoms. The van der Waals surface area contributed by atoms with Gasteiger partial charge in [-0.2, -0.15) is 0 Å². The largest absolute Gasteiger partial charge is 0.465 e. The van der Waals surface area contributed by atoms with Crippen LogP contribution in [0.1, 0.15) is 56.2 Å². The van der Waals surface area contributed by atoms with Crippen LogP contribution in [0, 0.1) is 6.92 Å². The summed E-state index contributed by atoms with van der Waals surface area (Å²) in [4.78, 5) is 29.6. The number of benzene rings is 1. The van der Waals surface area contributed by atoms with Gasteiger partial charge in [-0.25, -0.2) is 0 Å². The summed E-state index contributed by atoms with van der Waals surface area (Å²) < 4.78 is 5.76. The number of likely N-dealkylation sites (N-methyl/N-ethyl adjacent to an activating group) is 2. The van der Waals surface area contributed by atoms with Gasteiger partial charge in [-0.3, -0.25) is 14.5 Å². The molecule has 1 amide bonds. The summed E-state index contributed by atoms with van der Waals surface area (Å²) in [5.41, 5.74) is 3.71. The SMILES string of the molecule is Cc1oc2c(c1C(=O)N(C)C[C@H]1Cc3ccccc3CN1C)C(=O)CCC2. The second kappa shape index (κ2) is 6.97. The summed E-state index contributed by atoms with van der Waals surface area (Å²) in [6, 6.07) is 8.75. The molecule has 1 aromatic heterocycles. The van der Waals surface area contributed by atoms with E-state index in [-0.39, 0.29) is 17.7 Å². The molecule has 4 rings (SSSR count). The van der Waals surface area contributed by atoms with E-state index in [0.717, 1.165) is 25.8 Å². The maximum Gasteiger partial charge on any atom is 0.257 e. The number of aryl methyl sites for hydroxylation is 2. The van der Waals surface area contributed by atoms with Crippen LogP contribution in [0.25, 0.3) is 0 Å². The lowest BCUT2D eigenvalue weighted by Gasteiger charge is -2.36. The van der Waals surface area contributed by atoms with Crippen molar-refractivity contribution in [2.24, 2.45) is 0 Å². The third-order valence-corrected chi connectivity index (χ3v) is 5.91. The lowest BCUT2D eigenvalue weighted by Crippen LogP contribution is -2.46. The Morgan fingerprint density at radius 1 is 1.26 bits per heavy atom. The highest BCUT2D eigenvalue weighted by atomic mass is 16.3. The lowest BCUT2D eigenvalue weighted by molar-refractivity contribution is 0.0727. The van der Waals surface area contributed by atoms with Gasteiger partial charge in [0, 0.05) is 39.0 Å². The summed E-state index contributed by atoms with van der Waals surface area (Å²) in [7, 11) is 3.93. The Morgan fingerprint density at radius 2 is 2.00 bits per heavy atom. The third-order valence-electron chi connectivity index (χ3n) is 5.91. The van der Waals surface area contributed by atoms with E-state index >= 15 is 0 Å². The number of fused-ring (bicyclic) bond motifs is 2. The number of carbonyl (C=O) groups is 2. The van der Waals surface area contributed by atoms with Gasteiger partial charge < -0.3 is 9.32 Å². The van der Waals surface area contributed by atoms with Crippen molar-refractivity contribution in [1.29, 1.82) is 0 Å². The minimum Gasteiger partial charge on any atom is -0.465 e. The number of hydrogen-bond donors (Lipinski definition) is 0. The highest BCUT2D eigenvalue weighted by Crippen LogP contribution is 2.31. The normalized spacial score (nSPS) is 19.5. The molecular formula is C22H26N2O3. The molecule has 5 nitrogen and oxygen atoms in total. The predicted octanol–water partition coefficient (Wildman–Crippen LogP) is 3.24. The predicted molar refractivity (Wildman–Crippen MR) is 103 cm³/mol. The topological polar surface area (TPSA) is 53.8 Å². The van der Waals surface area contributed by atoms with Crippen LogP contribution in [-0.2, 0) is 19.4 Å². The van der Waals surface area contributed by atoms with E-state index in [2.05, 4.69) is 36.2 Å². The Balaban J connectivity index is 1.54. The number of Topliss-reactive ketones (excluding diaryl/α,β-unsaturated/α-hetero) is 1. The van der Waals surface area contributed by atoms with E-state index in [9.17, 15) is 9.59 Å². The molecule has 0 saturated heterocycles. The molecule has 5 heteroatoms. The Labute approximate surface area is 159 Å². The van der Waals surface area contributed by atoms with Crippen LogP contribution in [0.4, 0.5) is 0 Å². The van der Waals surface area contributed by atoms with Crippen molar-refractivity contribution in [3.8, 4) is 0 Å². The van der Waals surface area contributed by atoms with Gasteiger partial charge in [0.25, 0.3) is 5.91 Å². The molecule has 0 saturated carbocycles. The molecular weight excluding hydrogens is 340 g/mol. The number of furan rings is 1. The smallest absolute Gasteiger partial charge is 0.257 e. The van der Waals surface area contributed by atoms with Crippen LogP contribution in [0.2, 0.25) is 0 Å². The summed E-state index contributed by atoms with van der Waals surface area (Å²) in [6.07, 6.45) is 2.96. The number of amides is 1.